The van der Waals surface area contributed by atoms with Gasteiger partial charge in [-0.1, -0.05) is 18.9 Å². The second-order valence-corrected chi connectivity index (χ2v) is 11.9. The predicted molar refractivity (Wildman–Crippen MR) is 152 cm³/mol. The molecule has 2 fully saturated rings. The highest BCUT2D eigenvalue weighted by Crippen LogP contribution is 2.34. The molecule has 2 amide bonds. The predicted octanol–water partition coefficient (Wildman–Crippen LogP) is 4.15. The third-order valence-electron chi connectivity index (χ3n) is 7.75. The van der Waals surface area contributed by atoms with Crippen molar-refractivity contribution in [1.29, 1.82) is 0 Å². The fourth-order valence-corrected chi connectivity index (χ4v) is 6.59. The summed E-state index contributed by atoms with van der Waals surface area (Å²) in [5, 5.41) is 2.46. The average Bonchev–Trinajstić information content (AvgIpc) is 3.61. The Morgan fingerprint density at radius 1 is 1.03 bits per heavy atom. The van der Waals surface area contributed by atoms with Crippen molar-refractivity contribution < 1.29 is 19.1 Å². The van der Waals surface area contributed by atoms with Crippen LogP contribution in [0.1, 0.15) is 65.1 Å². The van der Waals surface area contributed by atoms with Gasteiger partial charge in [-0.25, -0.2) is 4.79 Å². The summed E-state index contributed by atoms with van der Waals surface area (Å²) in [5.41, 5.74) is 1.30. The number of nitrogens with zero attached hydrogens (tertiary/aromatic N) is 4. The monoisotopic (exact) mass is 554 g/mol. The lowest BCUT2D eigenvalue weighted by atomic mass is 10.0. The van der Waals surface area contributed by atoms with Crippen LogP contribution in [0.3, 0.4) is 0 Å². The van der Waals surface area contributed by atoms with Crippen molar-refractivity contribution >= 4 is 52.1 Å². The van der Waals surface area contributed by atoms with E-state index in [4.69, 9.17) is 17.0 Å². The van der Waals surface area contributed by atoms with Crippen molar-refractivity contribution in [1.82, 2.24) is 14.7 Å². The Morgan fingerprint density at radius 3 is 2.47 bits per heavy atom. The lowest BCUT2D eigenvalue weighted by Crippen LogP contribution is -2.48. The standard InChI is InChI=1S/C28H34N4O4S2/c1-28(2)26(35)32(21-9-10-22-20(18-21)19-36-25(22)34)27(37)31(28)12-6-4-3-5-11-29-13-15-30(16-14-29)24(33)23-8-7-17-38-23/h7-10,17-18H,3-6,11-16,19H2,1-2H3. The zero-order valence-corrected chi connectivity index (χ0v) is 23.6. The highest BCUT2D eigenvalue weighted by atomic mass is 32.1. The van der Waals surface area contributed by atoms with Crippen molar-refractivity contribution in [2.24, 2.45) is 0 Å². The van der Waals surface area contributed by atoms with Crippen molar-refractivity contribution in [2.45, 2.75) is 51.7 Å². The summed E-state index contributed by atoms with van der Waals surface area (Å²) >= 11 is 7.27. The van der Waals surface area contributed by atoms with Gasteiger partial charge in [0.2, 0.25) is 0 Å². The molecule has 0 unspecified atom stereocenters. The number of amides is 2. The Hall–Kier alpha value is -2.82. The van der Waals surface area contributed by atoms with Gasteiger partial charge in [0.1, 0.15) is 12.1 Å². The average molecular weight is 555 g/mol. The number of fused-ring (bicyclic) bond motifs is 1. The maximum atomic E-state index is 13.3. The first-order valence-electron chi connectivity index (χ1n) is 13.3. The molecule has 38 heavy (non-hydrogen) atoms. The van der Waals surface area contributed by atoms with Gasteiger partial charge < -0.3 is 14.5 Å². The number of piperazine rings is 1. The molecule has 1 aromatic carbocycles. The first-order chi connectivity index (χ1) is 18.3. The molecule has 0 bridgehead atoms. The largest absolute Gasteiger partial charge is 0.457 e. The molecule has 0 aliphatic carbocycles. The second kappa shape index (κ2) is 11.1. The van der Waals surface area contributed by atoms with Crippen molar-refractivity contribution in [3.63, 3.8) is 0 Å². The Kier molecular flexibility index (Phi) is 7.83. The van der Waals surface area contributed by atoms with Gasteiger partial charge in [-0.05, 0) is 75.1 Å². The molecule has 0 spiro atoms. The highest BCUT2D eigenvalue weighted by molar-refractivity contribution is 7.80. The summed E-state index contributed by atoms with van der Waals surface area (Å²) in [7, 11) is 0. The molecule has 0 N–H and O–H groups in total. The zero-order valence-electron chi connectivity index (χ0n) is 22.0. The molecule has 3 aliphatic heterocycles. The number of carbonyl (C=O) groups excluding carboxylic acids is 3. The van der Waals surface area contributed by atoms with Crippen LogP contribution in [0.25, 0.3) is 0 Å². The Labute approximate surface area is 233 Å². The normalized spacial score (nSPS) is 19.3. The number of carbonyl (C=O) groups is 3. The molecule has 202 valence electrons. The second-order valence-electron chi connectivity index (χ2n) is 10.6. The first kappa shape index (κ1) is 26.8. The lowest BCUT2D eigenvalue weighted by molar-refractivity contribution is -0.123. The van der Waals surface area contributed by atoms with Gasteiger partial charge in [0.05, 0.1) is 16.1 Å². The molecule has 2 aromatic rings. The minimum atomic E-state index is -0.720. The van der Waals surface area contributed by atoms with Gasteiger partial charge >= 0.3 is 5.97 Å². The Balaban J connectivity index is 1.05. The summed E-state index contributed by atoms with van der Waals surface area (Å²) < 4.78 is 5.10. The van der Waals surface area contributed by atoms with Gasteiger partial charge in [0.15, 0.2) is 5.11 Å². The van der Waals surface area contributed by atoms with Crippen LogP contribution in [0.4, 0.5) is 5.69 Å². The summed E-state index contributed by atoms with van der Waals surface area (Å²) in [6.45, 7) is 9.27. The van der Waals surface area contributed by atoms with Crippen LogP contribution in [-0.2, 0) is 16.1 Å². The number of hydrogen-bond acceptors (Lipinski definition) is 7. The van der Waals surface area contributed by atoms with Crippen LogP contribution < -0.4 is 4.90 Å². The SMILES string of the molecule is CC1(C)C(=O)N(c2ccc3c(c2)COC3=O)C(=S)N1CCCCCCN1CCN(C(=O)c2cccs2)CC1. The van der Waals surface area contributed by atoms with Gasteiger partial charge in [-0.3, -0.25) is 19.4 Å². The number of esters is 1. The number of cyclic esters (lactones) is 1. The van der Waals surface area contributed by atoms with E-state index in [1.54, 1.807) is 17.0 Å². The molecule has 0 radical (unpaired) electrons. The van der Waals surface area contributed by atoms with Gasteiger partial charge in [-0.15, -0.1) is 11.3 Å². The van der Waals surface area contributed by atoms with Gasteiger partial charge in [-0.2, -0.15) is 0 Å². The van der Waals surface area contributed by atoms with E-state index < -0.39 is 5.54 Å². The van der Waals surface area contributed by atoms with E-state index in [0.29, 0.717) is 16.4 Å². The lowest BCUT2D eigenvalue weighted by Gasteiger charge is -2.34. The molecule has 0 atom stereocenters. The first-order valence-corrected chi connectivity index (χ1v) is 14.6. The molecule has 8 nitrogen and oxygen atoms in total. The summed E-state index contributed by atoms with van der Waals surface area (Å²) in [6.07, 6.45) is 4.26. The molecule has 2 saturated heterocycles. The number of benzene rings is 1. The van der Waals surface area contributed by atoms with E-state index >= 15 is 0 Å². The summed E-state index contributed by atoms with van der Waals surface area (Å²) in [6, 6.07) is 9.14. The van der Waals surface area contributed by atoms with E-state index in [2.05, 4.69) is 4.90 Å². The topological polar surface area (TPSA) is 73.4 Å². The van der Waals surface area contributed by atoms with Gasteiger partial charge in [0, 0.05) is 38.3 Å². The van der Waals surface area contributed by atoms with E-state index in [-0.39, 0.29) is 24.4 Å². The maximum Gasteiger partial charge on any atom is 0.338 e. The van der Waals surface area contributed by atoms with Crippen LogP contribution in [-0.4, -0.2) is 82.4 Å². The third kappa shape index (κ3) is 5.21. The number of rotatable bonds is 9. The summed E-state index contributed by atoms with van der Waals surface area (Å²) in [4.78, 5) is 46.5. The Morgan fingerprint density at radius 2 is 1.76 bits per heavy atom. The molecular weight excluding hydrogens is 520 g/mol. The number of hydrogen-bond donors (Lipinski definition) is 0. The Bertz CT molecular complexity index is 1220. The van der Waals surface area contributed by atoms with Crippen molar-refractivity contribution in [2.75, 3.05) is 44.2 Å². The summed E-state index contributed by atoms with van der Waals surface area (Å²) in [5.74, 6) is -0.223. The molecule has 0 saturated carbocycles. The van der Waals surface area contributed by atoms with Crippen LogP contribution in [0.5, 0.6) is 0 Å². The molecule has 10 heteroatoms. The molecule has 1 aromatic heterocycles. The van der Waals surface area contributed by atoms with Crippen LogP contribution in [0.2, 0.25) is 0 Å². The fourth-order valence-electron chi connectivity index (χ4n) is 5.39. The van der Waals surface area contributed by atoms with Crippen LogP contribution in [0, 0.1) is 0 Å². The minimum Gasteiger partial charge on any atom is -0.457 e. The molecule has 4 heterocycles. The van der Waals surface area contributed by atoms with Crippen LogP contribution in [0.15, 0.2) is 35.7 Å². The maximum absolute atomic E-state index is 13.3. The zero-order chi connectivity index (χ0) is 26.9. The highest BCUT2D eigenvalue weighted by Gasteiger charge is 2.49. The minimum absolute atomic E-state index is 0.0515. The van der Waals surface area contributed by atoms with Crippen LogP contribution >= 0.6 is 23.6 Å². The third-order valence-corrected chi connectivity index (χ3v) is 9.01. The quantitative estimate of drug-likeness (QED) is 0.262. The van der Waals surface area contributed by atoms with Crippen molar-refractivity contribution in [3.05, 3.63) is 51.7 Å². The van der Waals surface area contributed by atoms with E-state index in [0.717, 1.165) is 75.4 Å². The number of anilines is 1. The number of unbranched alkanes of at least 4 members (excludes halogenated alkanes) is 3. The van der Waals surface area contributed by atoms with E-state index in [9.17, 15) is 14.4 Å². The fraction of sp³-hybridized carbons (Fsp3) is 0.500. The number of thiophene rings is 1. The van der Waals surface area contributed by atoms with E-state index in [1.807, 2.05) is 47.2 Å². The number of thiocarbonyl (C=S) groups is 1. The van der Waals surface area contributed by atoms with Gasteiger partial charge in [0.25, 0.3) is 11.8 Å². The number of ether oxygens (including phenoxy) is 1. The molecule has 3 aliphatic rings. The van der Waals surface area contributed by atoms with E-state index in [1.165, 1.54) is 11.3 Å². The molecule has 5 rings (SSSR count). The smallest absolute Gasteiger partial charge is 0.338 e. The van der Waals surface area contributed by atoms with Crippen molar-refractivity contribution in [3.8, 4) is 0 Å². The molecular formula is C28H34N4O4S2.